The second kappa shape index (κ2) is 8.31. The molecule has 3 heteroatoms. The van der Waals surface area contributed by atoms with E-state index in [1.54, 1.807) is 0 Å². The molecule has 0 spiro atoms. The molecular formula is C24H24OSi2. The van der Waals surface area contributed by atoms with Crippen LogP contribution in [0.1, 0.15) is 0 Å². The second-order valence-electron chi connectivity index (χ2n) is 6.35. The highest BCUT2D eigenvalue weighted by atomic mass is 28.4. The molecule has 0 fully saturated rings. The SMILES string of the molecule is C=C[Si](C=C)(C=C)O[Si](c1ccccc1)(c1ccccc1)c1ccccc1. The smallest absolute Gasteiger partial charge is 0.278 e. The van der Waals surface area contributed by atoms with E-state index < -0.39 is 16.6 Å². The van der Waals surface area contributed by atoms with E-state index in [2.05, 4.69) is 92.5 Å². The van der Waals surface area contributed by atoms with Gasteiger partial charge in [0.25, 0.3) is 16.6 Å². The minimum absolute atomic E-state index is 1.20. The van der Waals surface area contributed by atoms with Crippen LogP contribution in [0.25, 0.3) is 0 Å². The summed E-state index contributed by atoms with van der Waals surface area (Å²) < 4.78 is 7.16. The first-order chi connectivity index (χ1) is 13.2. The predicted octanol–water partition coefficient (Wildman–Crippen LogP) is 3.79. The topological polar surface area (TPSA) is 9.23 Å². The summed E-state index contributed by atoms with van der Waals surface area (Å²) in [5, 5.41) is 3.60. The zero-order valence-corrected chi connectivity index (χ0v) is 17.4. The van der Waals surface area contributed by atoms with E-state index in [9.17, 15) is 0 Å². The van der Waals surface area contributed by atoms with E-state index in [1.165, 1.54) is 15.6 Å². The first kappa shape index (κ1) is 19.0. The molecule has 0 aliphatic carbocycles. The molecule has 27 heavy (non-hydrogen) atoms. The van der Waals surface area contributed by atoms with Crippen molar-refractivity contribution >= 4 is 32.2 Å². The maximum absolute atomic E-state index is 7.16. The molecule has 0 radical (unpaired) electrons. The fraction of sp³-hybridized carbons (Fsp3) is 0. The van der Waals surface area contributed by atoms with Crippen LogP contribution in [-0.2, 0) is 4.12 Å². The summed E-state index contributed by atoms with van der Waals surface area (Å²) in [5.41, 5.74) is 5.72. The van der Waals surface area contributed by atoms with Crippen molar-refractivity contribution in [2.45, 2.75) is 0 Å². The van der Waals surface area contributed by atoms with Crippen LogP contribution in [0.5, 0.6) is 0 Å². The quantitative estimate of drug-likeness (QED) is 0.424. The Morgan fingerprint density at radius 3 is 1.07 bits per heavy atom. The Labute approximate surface area is 164 Å². The Bertz CT molecular complexity index is 786. The molecule has 134 valence electrons. The van der Waals surface area contributed by atoms with Gasteiger partial charge in [-0.2, -0.15) is 0 Å². The molecule has 3 rings (SSSR count). The van der Waals surface area contributed by atoms with E-state index >= 15 is 0 Å². The standard InChI is InChI=1S/C24H24OSi2/c1-4-26(5-2,6-3)25-27(22-16-10-7-11-17-22,23-18-12-8-13-19-23)24-20-14-9-15-21-24/h4-21H,1-3H2. The molecule has 0 saturated heterocycles. The van der Waals surface area contributed by atoms with E-state index in [1.807, 2.05) is 35.3 Å². The van der Waals surface area contributed by atoms with Crippen LogP contribution in [0.15, 0.2) is 128 Å². The van der Waals surface area contributed by atoms with Crippen molar-refractivity contribution in [1.29, 1.82) is 0 Å². The van der Waals surface area contributed by atoms with E-state index in [0.29, 0.717) is 0 Å². The number of hydrogen-bond donors (Lipinski definition) is 0. The van der Waals surface area contributed by atoms with E-state index in [-0.39, 0.29) is 0 Å². The van der Waals surface area contributed by atoms with Crippen molar-refractivity contribution in [2.24, 2.45) is 0 Å². The second-order valence-corrected chi connectivity index (χ2v) is 13.2. The Hall–Kier alpha value is -2.73. The third-order valence-electron chi connectivity index (χ3n) is 4.83. The molecule has 3 aromatic rings. The van der Waals surface area contributed by atoms with Gasteiger partial charge in [-0.1, -0.05) is 108 Å². The van der Waals surface area contributed by atoms with Crippen molar-refractivity contribution < 1.29 is 4.12 Å². The summed E-state index contributed by atoms with van der Waals surface area (Å²) in [6.45, 7) is 12.2. The lowest BCUT2D eigenvalue weighted by atomic mass is 10.3. The summed E-state index contributed by atoms with van der Waals surface area (Å²) in [4.78, 5) is 0. The van der Waals surface area contributed by atoms with Gasteiger partial charge in [0.05, 0.1) is 0 Å². The van der Waals surface area contributed by atoms with Gasteiger partial charge < -0.3 is 4.12 Å². The Balaban J connectivity index is 2.37. The Kier molecular flexibility index (Phi) is 5.86. The highest BCUT2D eigenvalue weighted by Crippen LogP contribution is 2.19. The Morgan fingerprint density at radius 1 is 0.519 bits per heavy atom. The molecule has 0 amide bonds. The van der Waals surface area contributed by atoms with E-state index in [0.717, 1.165) is 0 Å². The third kappa shape index (κ3) is 3.58. The monoisotopic (exact) mass is 384 g/mol. The van der Waals surface area contributed by atoms with Crippen LogP contribution in [0, 0.1) is 0 Å². The molecular weight excluding hydrogens is 360 g/mol. The number of hydrogen-bond acceptors (Lipinski definition) is 1. The number of rotatable bonds is 8. The van der Waals surface area contributed by atoms with Crippen LogP contribution < -0.4 is 15.6 Å². The molecule has 0 unspecified atom stereocenters. The van der Waals surface area contributed by atoms with Crippen molar-refractivity contribution in [3.8, 4) is 0 Å². The number of benzene rings is 3. The van der Waals surface area contributed by atoms with Crippen molar-refractivity contribution in [3.05, 3.63) is 128 Å². The lowest BCUT2D eigenvalue weighted by Crippen LogP contribution is -2.72. The molecule has 0 heterocycles. The molecule has 3 aromatic carbocycles. The zero-order chi connectivity index (χ0) is 19.2. The minimum Gasteiger partial charge on any atom is -0.436 e. The summed E-state index contributed by atoms with van der Waals surface area (Å²) in [6.07, 6.45) is 0. The van der Waals surface area contributed by atoms with Gasteiger partial charge in [-0.15, -0.1) is 19.7 Å². The molecule has 0 bridgehead atoms. The first-order valence-corrected chi connectivity index (χ1v) is 13.0. The average molecular weight is 385 g/mol. The molecule has 0 N–H and O–H groups in total. The van der Waals surface area contributed by atoms with Crippen LogP contribution >= 0.6 is 0 Å². The van der Waals surface area contributed by atoms with Crippen LogP contribution in [-0.4, -0.2) is 16.6 Å². The molecule has 1 nitrogen and oxygen atoms in total. The maximum atomic E-state index is 7.16. The average Bonchev–Trinajstić information content (AvgIpc) is 2.77. The fourth-order valence-corrected chi connectivity index (χ4v) is 11.4. The van der Waals surface area contributed by atoms with Gasteiger partial charge in [0.1, 0.15) is 0 Å². The van der Waals surface area contributed by atoms with Crippen molar-refractivity contribution in [1.82, 2.24) is 0 Å². The van der Waals surface area contributed by atoms with Gasteiger partial charge in [-0.25, -0.2) is 0 Å². The summed E-state index contributed by atoms with van der Waals surface area (Å²) in [5.74, 6) is 0. The van der Waals surface area contributed by atoms with Gasteiger partial charge in [-0.3, -0.25) is 0 Å². The minimum atomic E-state index is -2.77. The highest BCUT2D eigenvalue weighted by Gasteiger charge is 2.46. The summed E-state index contributed by atoms with van der Waals surface area (Å²) >= 11 is 0. The molecule has 0 aliphatic heterocycles. The molecule has 0 aliphatic rings. The van der Waals surface area contributed by atoms with Gasteiger partial charge in [0, 0.05) is 0 Å². The van der Waals surface area contributed by atoms with Crippen molar-refractivity contribution in [3.63, 3.8) is 0 Å². The van der Waals surface area contributed by atoms with Crippen molar-refractivity contribution in [2.75, 3.05) is 0 Å². The van der Waals surface area contributed by atoms with Gasteiger partial charge >= 0.3 is 0 Å². The normalized spacial score (nSPS) is 11.6. The molecule has 0 atom stereocenters. The third-order valence-corrected chi connectivity index (χ3v) is 12.8. The van der Waals surface area contributed by atoms with Gasteiger partial charge in [-0.05, 0) is 15.6 Å². The largest absolute Gasteiger partial charge is 0.436 e. The lowest BCUT2D eigenvalue weighted by Gasteiger charge is -2.39. The van der Waals surface area contributed by atoms with Crippen LogP contribution in [0.3, 0.4) is 0 Å². The van der Waals surface area contributed by atoms with Gasteiger partial charge in [0.2, 0.25) is 0 Å². The first-order valence-electron chi connectivity index (χ1n) is 8.98. The highest BCUT2D eigenvalue weighted by molar-refractivity contribution is 7.12. The lowest BCUT2D eigenvalue weighted by molar-refractivity contribution is 0.597. The maximum Gasteiger partial charge on any atom is 0.278 e. The fourth-order valence-electron chi connectivity index (χ4n) is 3.34. The van der Waals surface area contributed by atoms with Gasteiger partial charge in [0.15, 0.2) is 0 Å². The summed E-state index contributed by atoms with van der Waals surface area (Å²) in [6, 6.07) is 31.6. The van der Waals surface area contributed by atoms with Crippen LogP contribution in [0.2, 0.25) is 0 Å². The Morgan fingerprint density at radius 2 is 0.815 bits per heavy atom. The zero-order valence-electron chi connectivity index (χ0n) is 15.4. The molecule has 0 saturated carbocycles. The molecule has 0 aromatic heterocycles. The van der Waals surface area contributed by atoms with E-state index in [4.69, 9.17) is 4.12 Å². The summed E-state index contributed by atoms with van der Waals surface area (Å²) in [7, 11) is -5.32. The van der Waals surface area contributed by atoms with Crippen LogP contribution in [0.4, 0.5) is 0 Å². The predicted molar refractivity (Wildman–Crippen MR) is 121 cm³/mol.